The van der Waals surface area contributed by atoms with E-state index >= 15 is 0 Å². The van der Waals surface area contributed by atoms with Gasteiger partial charge in [0.25, 0.3) is 0 Å². The summed E-state index contributed by atoms with van der Waals surface area (Å²) in [6.45, 7) is 3.06. The second kappa shape index (κ2) is 2.73. The fourth-order valence-electron chi connectivity index (χ4n) is 2.58. The fourth-order valence-corrected chi connectivity index (χ4v) is 2.58. The molecule has 1 amide bonds. The van der Waals surface area contributed by atoms with Crippen molar-refractivity contribution in [2.75, 3.05) is 6.54 Å². The lowest BCUT2D eigenvalue weighted by atomic mass is 9.91. The van der Waals surface area contributed by atoms with Gasteiger partial charge in [-0.2, -0.15) is 0 Å². The molecular formula is C9H16N2O. The second-order valence-electron chi connectivity index (χ2n) is 4.07. The predicted molar refractivity (Wildman–Crippen MR) is 46.5 cm³/mol. The first-order chi connectivity index (χ1) is 5.70. The van der Waals surface area contributed by atoms with Crippen molar-refractivity contribution < 1.29 is 4.79 Å². The van der Waals surface area contributed by atoms with Gasteiger partial charge in [-0.1, -0.05) is 6.92 Å². The lowest BCUT2D eigenvalue weighted by Gasteiger charge is -2.36. The maximum atomic E-state index is 11.4. The molecule has 0 bridgehead atoms. The van der Waals surface area contributed by atoms with E-state index in [1.165, 1.54) is 0 Å². The summed E-state index contributed by atoms with van der Waals surface area (Å²) < 4.78 is 0. The van der Waals surface area contributed by atoms with Gasteiger partial charge in [0, 0.05) is 25.0 Å². The summed E-state index contributed by atoms with van der Waals surface area (Å²) in [5.74, 6) is 0.774. The summed E-state index contributed by atoms with van der Waals surface area (Å²) >= 11 is 0. The third-order valence-electron chi connectivity index (χ3n) is 3.13. The lowest BCUT2D eigenvalue weighted by molar-refractivity contribution is -0.130. The molecule has 68 valence electrons. The standard InChI is InChI=1S/C9H16N2O/c1-6-5-8(12)11-4-2-3-7(10)9(6)11/h6-7,9H,2-5,10H2,1H3. The second-order valence-corrected chi connectivity index (χ2v) is 4.07. The third kappa shape index (κ3) is 1.04. The molecule has 0 saturated carbocycles. The molecule has 2 aliphatic rings. The van der Waals surface area contributed by atoms with Gasteiger partial charge in [0.1, 0.15) is 0 Å². The van der Waals surface area contributed by atoms with Gasteiger partial charge in [-0.15, -0.1) is 0 Å². The van der Waals surface area contributed by atoms with Crippen LogP contribution < -0.4 is 5.73 Å². The highest BCUT2D eigenvalue weighted by Gasteiger charge is 2.42. The largest absolute Gasteiger partial charge is 0.338 e. The Hall–Kier alpha value is -0.570. The van der Waals surface area contributed by atoms with Crippen molar-refractivity contribution >= 4 is 5.91 Å². The molecule has 2 rings (SSSR count). The molecule has 0 aliphatic carbocycles. The number of carbonyl (C=O) groups excluding carboxylic acids is 1. The molecule has 2 heterocycles. The summed E-state index contributed by atoms with van der Waals surface area (Å²) in [6.07, 6.45) is 2.87. The average Bonchev–Trinajstić information content (AvgIpc) is 2.29. The summed E-state index contributed by atoms with van der Waals surface area (Å²) in [6, 6.07) is 0.562. The molecule has 2 aliphatic heterocycles. The molecule has 0 radical (unpaired) electrons. The van der Waals surface area contributed by atoms with Crippen LogP contribution in [0.5, 0.6) is 0 Å². The van der Waals surface area contributed by atoms with Gasteiger partial charge < -0.3 is 10.6 Å². The third-order valence-corrected chi connectivity index (χ3v) is 3.13. The van der Waals surface area contributed by atoms with Gasteiger partial charge in [0.05, 0.1) is 0 Å². The van der Waals surface area contributed by atoms with E-state index in [-0.39, 0.29) is 6.04 Å². The van der Waals surface area contributed by atoms with Gasteiger partial charge in [-0.3, -0.25) is 4.79 Å². The summed E-state index contributed by atoms with van der Waals surface area (Å²) in [4.78, 5) is 13.4. The van der Waals surface area contributed by atoms with Crippen LogP contribution in [-0.4, -0.2) is 29.4 Å². The molecule has 0 aromatic heterocycles. The van der Waals surface area contributed by atoms with E-state index in [9.17, 15) is 4.79 Å². The molecule has 3 atom stereocenters. The Morgan fingerprint density at radius 3 is 3.00 bits per heavy atom. The van der Waals surface area contributed by atoms with Crippen LogP contribution in [-0.2, 0) is 4.79 Å². The molecule has 3 heteroatoms. The lowest BCUT2D eigenvalue weighted by Crippen LogP contribution is -2.51. The Bertz CT molecular complexity index is 205. The van der Waals surface area contributed by atoms with Crippen molar-refractivity contribution in [1.82, 2.24) is 4.90 Å². The highest BCUT2D eigenvalue weighted by molar-refractivity contribution is 5.79. The minimum absolute atomic E-state index is 0.222. The summed E-state index contributed by atoms with van der Waals surface area (Å²) in [5.41, 5.74) is 5.98. The maximum Gasteiger partial charge on any atom is 0.223 e. The van der Waals surface area contributed by atoms with Gasteiger partial charge in [0.15, 0.2) is 0 Å². The smallest absolute Gasteiger partial charge is 0.223 e. The van der Waals surface area contributed by atoms with Crippen molar-refractivity contribution in [2.24, 2.45) is 11.7 Å². The van der Waals surface area contributed by atoms with Crippen LogP contribution >= 0.6 is 0 Å². The molecule has 0 aromatic rings. The zero-order valence-electron chi connectivity index (χ0n) is 7.49. The summed E-state index contributed by atoms with van der Waals surface area (Å²) in [7, 11) is 0. The van der Waals surface area contributed by atoms with Crippen molar-refractivity contribution in [2.45, 2.75) is 38.3 Å². The first-order valence-corrected chi connectivity index (χ1v) is 4.75. The van der Waals surface area contributed by atoms with Crippen LogP contribution in [0.4, 0.5) is 0 Å². The highest BCUT2D eigenvalue weighted by atomic mass is 16.2. The van der Waals surface area contributed by atoms with E-state index in [1.807, 2.05) is 4.90 Å². The Kier molecular flexibility index (Phi) is 1.83. The summed E-state index contributed by atoms with van der Waals surface area (Å²) in [5, 5.41) is 0. The van der Waals surface area contributed by atoms with E-state index in [1.54, 1.807) is 0 Å². The van der Waals surface area contributed by atoms with E-state index in [0.717, 1.165) is 19.4 Å². The van der Waals surface area contributed by atoms with Crippen molar-refractivity contribution in [3.8, 4) is 0 Å². The number of nitrogens with zero attached hydrogens (tertiary/aromatic N) is 1. The highest BCUT2D eigenvalue weighted by Crippen LogP contribution is 2.31. The Balaban J connectivity index is 2.19. The van der Waals surface area contributed by atoms with Crippen molar-refractivity contribution in [1.29, 1.82) is 0 Å². The number of amides is 1. The van der Waals surface area contributed by atoms with Crippen LogP contribution in [0.2, 0.25) is 0 Å². The van der Waals surface area contributed by atoms with Crippen LogP contribution in [0.25, 0.3) is 0 Å². The zero-order valence-corrected chi connectivity index (χ0v) is 7.49. The maximum absolute atomic E-state index is 11.4. The van der Waals surface area contributed by atoms with Crippen molar-refractivity contribution in [3.63, 3.8) is 0 Å². The van der Waals surface area contributed by atoms with Gasteiger partial charge in [-0.05, 0) is 18.8 Å². The van der Waals surface area contributed by atoms with E-state index < -0.39 is 0 Å². The van der Waals surface area contributed by atoms with Crippen LogP contribution in [0.3, 0.4) is 0 Å². The number of hydrogen-bond donors (Lipinski definition) is 1. The van der Waals surface area contributed by atoms with E-state index in [4.69, 9.17) is 5.73 Å². The van der Waals surface area contributed by atoms with Crippen LogP contribution in [0, 0.1) is 5.92 Å². The molecule has 0 spiro atoms. The van der Waals surface area contributed by atoms with Crippen LogP contribution in [0.1, 0.15) is 26.2 Å². The number of hydrogen-bond acceptors (Lipinski definition) is 2. The van der Waals surface area contributed by atoms with Gasteiger partial charge >= 0.3 is 0 Å². The quantitative estimate of drug-likeness (QED) is 0.567. The molecule has 3 nitrogen and oxygen atoms in total. The number of nitrogens with two attached hydrogens (primary N) is 1. The first kappa shape index (κ1) is 8.05. The molecule has 3 unspecified atom stereocenters. The molecule has 12 heavy (non-hydrogen) atoms. The number of piperidine rings is 1. The monoisotopic (exact) mass is 168 g/mol. The minimum Gasteiger partial charge on any atom is -0.338 e. The molecule has 2 fully saturated rings. The number of rotatable bonds is 0. The topological polar surface area (TPSA) is 46.3 Å². The number of carbonyl (C=O) groups is 1. The average molecular weight is 168 g/mol. The molecular weight excluding hydrogens is 152 g/mol. The predicted octanol–water partition coefficient (Wildman–Crippen LogP) is 0.345. The van der Waals surface area contributed by atoms with Crippen molar-refractivity contribution in [3.05, 3.63) is 0 Å². The normalized spacial score (nSPS) is 41.7. The zero-order chi connectivity index (χ0) is 8.72. The Morgan fingerprint density at radius 2 is 2.33 bits per heavy atom. The van der Waals surface area contributed by atoms with E-state index in [2.05, 4.69) is 6.92 Å². The van der Waals surface area contributed by atoms with Gasteiger partial charge in [0.2, 0.25) is 5.91 Å². The van der Waals surface area contributed by atoms with E-state index in [0.29, 0.717) is 24.3 Å². The Labute approximate surface area is 72.9 Å². The number of fused-ring (bicyclic) bond motifs is 1. The molecule has 0 aromatic carbocycles. The SMILES string of the molecule is CC1CC(=O)N2CCCC(N)C12. The minimum atomic E-state index is 0.222. The Morgan fingerprint density at radius 1 is 1.58 bits per heavy atom. The fraction of sp³-hybridized carbons (Fsp3) is 0.889. The molecule has 2 saturated heterocycles. The first-order valence-electron chi connectivity index (χ1n) is 4.75. The molecule has 2 N–H and O–H groups in total. The van der Waals surface area contributed by atoms with Gasteiger partial charge in [-0.25, -0.2) is 0 Å². The van der Waals surface area contributed by atoms with Crippen LogP contribution in [0.15, 0.2) is 0 Å².